The first-order valence-electron chi connectivity index (χ1n) is 8.35. The molecule has 0 aromatic carbocycles. The van der Waals surface area contributed by atoms with E-state index in [1.165, 1.54) is 0 Å². The number of aromatic nitrogens is 4. The van der Waals surface area contributed by atoms with Crippen molar-refractivity contribution in [1.29, 1.82) is 0 Å². The molecule has 0 radical (unpaired) electrons. The van der Waals surface area contributed by atoms with Gasteiger partial charge in [-0.05, 0) is 26.0 Å². The third-order valence-electron chi connectivity index (χ3n) is 4.29. The predicted octanol–water partition coefficient (Wildman–Crippen LogP) is 2.30. The van der Waals surface area contributed by atoms with E-state index in [2.05, 4.69) is 15.3 Å². The van der Waals surface area contributed by atoms with Crippen molar-refractivity contribution in [3.8, 4) is 11.7 Å². The molecule has 1 aliphatic heterocycles. The number of alkyl halides is 1. The molecule has 0 N–H and O–H groups in total. The third kappa shape index (κ3) is 4.10. The molecule has 134 valence electrons. The van der Waals surface area contributed by atoms with Gasteiger partial charge in [0.2, 0.25) is 11.8 Å². The number of nitrogens with zero attached hydrogens (tertiary/aromatic N) is 5. The summed E-state index contributed by atoms with van der Waals surface area (Å²) in [6, 6.07) is 5.43. The molecule has 25 heavy (non-hydrogen) atoms. The average Bonchev–Trinajstić information content (AvgIpc) is 3.17. The van der Waals surface area contributed by atoms with Gasteiger partial charge < -0.3 is 9.64 Å². The highest BCUT2D eigenvalue weighted by Crippen LogP contribution is 2.24. The summed E-state index contributed by atoms with van der Waals surface area (Å²) < 4.78 is 7.54. The van der Waals surface area contributed by atoms with Crippen LogP contribution in [0.1, 0.15) is 26.7 Å². The molecule has 0 saturated carbocycles. The van der Waals surface area contributed by atoms with Gasteiger partial charge in [-0.1, -0.05) is 0 Å². The van der Waals surface area contributed by atoms with Crippen molar-refractivity contribution in [2.45, 2.75) is 32.8 Å². The van der Waals surface area contributed by atoms with E-state index in [-0.39, 0.29) is 12.0 Å². The maximum atomic E-state index is 12.4. The summed E-state index contributed by atoms with van der Waals surface area (Å²) in [6.07, 6.45) is 5.07. The fraction of sp³-hybridized carbons (Fsp3) is 0.529. The Hall–Kier alpha value is -2.15. The second kappa shape index (κ2) is 7.39. The molecule has 3 rings (SSSR count). The molecule has 1 amide bonds. The summed E-state index contributed by atoms with van der Waals surface area (Å²) in [5, 5.41) is 12.3. The van der Waals surface area contributed by atoms with Crippen molar-refractivity contribution < 1.29 is 9.53 Å². The Morgan fingerprint density at radius 3 is 2.64 bits per heavy atom. The van der Waals surface area contributed by atoms with Crippen molar-refractivity contribution >= 4 is 17.5 Å². The lowest BCUT2D eigenvalue weighted by atomic mass is 9.93. The summed E-state index contributed by atoms with van der Waals surface area (Å²) in [4.78, 5) is 14.3. The second-order valence-electron chi connectivity index (χ2n) is 6.81. The lowest BCUT2D eigenvalue weighted by Gasteiger charge is -2.36. The van der Waals surface area contributed by atoms with E-state index in [9.17, 15) is 4.79 Å². The average molecular weight is 364 g/mol. The molecule has 3 heterocycles. The molecular weight excluding hydrogens is 342 g/mol. The number of likely N-dealkylation sites (tertiary alicyclic amines) is 1. The van der Waals surface area contributed by atoms with E-state index in [0.717, 1.165) is 12.8 Å². The van der Waals surface area contributed by atoms with Gasteiger partial charge in [0, 0.05) is 50.3 Å². The van der Waals surface area contributed by atoms with Crippen LogP contribution in [0, 0.1) is 5.41 Å². The molecule has 1 aliphatic rings. The minimum absolute atomic E-state index is 0.0352. The Labute approximate surface area is 151 Å². The van der Waals surface area contributed by atoms with Crippen LogP contribution in [0.15, 0.2) is 30.6 Å². The quantitative estimate of drug-likeness (QED) is 0.762. The zero-order valence-electron chi connectivity index (χ0n) is 14.4. The third-order valence-corrected chi connectivity index (χ3v) is 4.96. The van der Waals surface area contributed by atoms with Crippen LogP contribution in [-0.4, -0.2) is 55.9 Å². The standard InChI is InChI=1S/C17H22ClN5O2/c1-17(2,12-18)16(24)22-10-6-13(7-11-22)25-15-5-4-14(20-21-15)23-9-3-8-19-23/h3-5,8-9,13H,6-7,10-12H2,1-2H3. The first-order valence-corrected chi connectivity index (χ1v) is 8.89. The van der Waals surface area contributed by atoms with Gasteiger partial charge in [0.05, 0.1) is 5.41 Å². The van der Waals surface area contributed by atoms with Gasteiger partial charge in [-0.3, -0.25) is 4.79 Å². The monoisotopic (exact) mass is 363 g/mol. The van der Waals surface area contributed by atoms with Crippen LogP contribution in [0.3, 0.4) is 0 Å². The number of hydrogen-bond donors (Lipinski definition) is 0. The van der Waals surface area contributed by atoms with Crippen molar-refractivity contribution in [3.63, 3.8) is 0 Å². The number of amides is 1. The highest BCUT2D eigenvalue weighted by Gasteiger charge is 2.33. The first-order chi connectivity index (χ1) is 12.0. The van der Waals surface area contributed by atoms with Crippen molar-refractivity contribution in [2.24, 2.45) is 5.41 Å². The van der Waals surface area contributed by atoms with E-state index in [1.807, 2.05) is 30.9 Å². The highest BCUT2D eigenvalue weighted by atomic mass is 35.5. The lowest BCUT2D eigenvalue weighted by molar-refractivity contribution is -0.141. The van der Waals surface area contributed by atoms with Crippen molar-refractivity contribution in [1.82, 2.24) is 24.9 Å². The zero-order valence-corrected chi connectivity index (χ0v) is 15.2. The second-order valence-corrected chi connectivity index (χ2v) is 7.07. The smallest absolute Gasteiger partial charge is 0.233 e. The summed E-state index contributed by atoms with van der Waals surface area (Å²) >= 11 is 5.90. The van der Waals surface area contributed by atoms with Crippen LogP contribution in [-0.2, 0) is 4.79 Å². The molecule has 0 unspecified atom stereocenters. The van der Waals surface area contributed by atoms with E-state index in [1.54, 1.807) is 23.1 Å². The molecule has 1 fully saturated rings. The number of carbonyl (C=O) groups excluding carboxylic acids is 1. The van der Waals surface area contributed by atoms with Gasteiger partial charge in [-0.2, -0.15) is 5.10 Å². The fourth-order valence-electron chi connectivity index (χ4n) is 2.74. The van der Waals surface area contributed by atoms with E-state index < -0.39 is 5.41 Å². The minimum atomic E-state index is -0.525. The van der Waals surface area contributed by atoms with E-state index >= 15 is 0 Å². The summed E-state index contributed by atoms with van der Waals surface area (Å²) in [6.45, 7) is 5.09. The molecule has 0 bridgehead atoms. The van der Waals surface area contributed by atoms with E-state index in [4.69, 9.17) is 16.3 Å². The zero-order chi connectivity index (χ0) is 17.9. The molecule has 2 aromatic heterocycles. The maximum Gasteiger partial charge on any atom is 0.233 e. The first kappa shape index (κ1) is 17.7. The lowest BCUT2D eigenvalue weighted by Crippen LogP contribution is -2.47. The Bertz CT molecular complexity index is 694. The molecule has 0 spiro atoms. The highest BCUT2D eigenvalue weighted by molar-refractivity contribution is 6.19. The molecular formula is C17H22ClN5O2. The van der Waals surface area contributed by atoms with Gasteiger partial charge in [0.1, 0.15) is 6.10 Å². The van der Waals surface area contributed by atoms with Crippen LogP contribution in [0.4, 0.5) is 0 Å². The van der Waals surface area contributed by atoms with Crippen molar-refractivity contribution in [2.75, 3.05) is 19.0 Å². The summed E-state index contributed by atoms with van der Waals surface area (Å²) in [5.41, 5.74) is -0.525. The predicted molar refractivity (Wildman–Crippen MR) is 93.9 cm³/mol. The van der Waals surface area contributed by atoms with Gasteiger partial charge in [0.25, 0.3) is 0 Å². The number of carbonyl (C=O) groups is 1. The largest absolute Gasteiger partial charge is 0.473 e. The van der Waals surface area contributed by atoms with E-state index in [0.29, 0.717) is 30.7 Å². The number of piperidine rings is 1. The molecule has 7 nitrogen and oxygen atoms in total. The van der Waals surface area contributed by atoms with Crippen LogP contribution >= 0.6 is 11.6 Å². The van der Waals surface area contributed by atoms with Crippen LogP contribution < -0.4 is 4.74 Å². The fourth-order valence-corrected chi connectivity index (χ4v) is 2.85. The summed E-state index contributed by atoms with van der Waals surface area (Å²) in [7, 11) is 0. The SMILES string of the molecule is CC(C)(CCl)C(=O)N1CCC(Oc2ccc(-n3cccn3)nn2)CC1. The molecule has 8 heteroatoms. The van der Waals surface area contributed by atoms with Crippen LogP contribution in [0.2, 0.25) is 0 Å². The molecule has 0 aliphatic carbocycles. The number of hydrogen-bond acceptors (Lipinski definition) is 5. The normalized spacial score (nSPS) is 16.0. The number of halogens is 1. The topological polar surface area (TPSA) is 73.1 Å². The van der Waals surface area contributed by atoms with Crippen LogP contribution in [0.5, 0.6) is 5.88 Å². The van der Waals surface area contributed by atoms with Gasteiger partial charge >= 0.3 is 0 Å². The van der Waals surface area contributed by atoms with Crippen LogP contribution in [0.25, 0.3) is 5.82 Å². The molecule has 1 saturated heterocycles. The van der Waals surface area contributed by atoms with Gasteiger partial charge in [0.15, 0.2) is 5.82 Å². The number of ether oxygens (including phenoxy) is 1. The molecule has 2 aromatic rings. The van der Waals surface area contributed by atoms with Gasteiger partial charge in [-0.15, -0.1) is 21.8 Å². The number of rotatable bonds is 5. The van der Waals surface area contributed by atoms with Gasteiger partial charge in [-0.25, -0.2) is 4.68 Å². The Balaban J connectivity index is 1.53. The Morgan fingerprint density at radius 1 is 1.32 bits per heavy atom. The Morgan fingerprint density at radius 2 is 2.08 bits per heavy atom. The summed E-state index contributed by atoms with van der Waals surface area (Å²) in [5.74, 6) is 1.55. The molecule has 0 atom stereocenters. The maximum absolute atomic E-state index is 12.4. The Kier molecular flexibility index (Phi) is 5.22. The minimum Gasteiger partial charge on any atom is -0.473 e. The van der Waals surface area contributed by atoms with Crippen molar-refractivity contribution in [3.05, 3.63) is 30.6 Å².